The highest BCUT2D eigenvalue weighted by atomic mass is 16.5. The number of aromatic nitrogens is 1. The van der Waals surface area contributed by atoms with Crippen molar-refractivity contribution in [3.63, 3.8) is 0 Å². The van der Waals surface area contributed by atoms with E-state index in [0.29, 0.717) is 18.7 Å². The van der Waals surface area contributed by atoms with Crippen molar-refractivity contribution < 1.29 is 9.53 Å². The van der Waals surface area contributed by atoms with Gasteiger partial charge in [-0.15, -0.1) is 0 Å². The lowest BCUT2D eigenvalue weighted by atomic mass is 10.2. The van der Waals surface area contributed by atoms with Crippen LogP contribution in [0.25, 0.3) is 0 Å². The Balaban J connectivity index is 2.00. The lowest BCUT2D eigenvalue weighted by Crippen LogP contribution is -2.24. The average molecular weight is 272 g/mol. The van der Waals surface area contributed by atoms with Crippen molar-refractivity contribution >= 4 is 5.91 Å². The minimum atomic E-state index is -0.557. The number of carbonyl (C=O) groups is 1. The summed E-state index contributed by atoms with van der Waals surface area (Å²) in [6.07, 6.45) is 1.45. The molecule has 0 aliphatic rings. The maximum Gasteiger partial charge on any atom is 0.250 e. The van der Waals surface area contributed by atoms with Crippen molar-refractivity contribution in [2.75, 3.05) is 6.61 Å². The molecular formula is C15H16N2O3. The number of benzene rings is 1. The van der Waals surface area contributed by atoms with Gasteiger partial charge >= 0.3 is 0 Å². The minimum Gasteiger partial charge on any atom is -0.492 e. The number of carbonyl (C=O) groups excluding carboxylic acids is 1. The van der Waals surface area contributed by atoms with E-state index in [4.69, 9.17) is 10.5 Å². The van der Waals surface area contributed by atoms with Gasteiger partial charge in [-0.1, -0.05) is 17.7 Å². The van der Waals surface area contributed by atoms with E-state index in [1.807, 2.05) is 31.2 Å². The first-order valence-corrected chi connectivity index (χ1v) is 6.26. The van der Waals surface area contributed by atoms with Crippen LogP contribution in [-0.2, 0) is 6.54 Å². The lowest BCUT2D eigenvalue weighted by Gasteiger charge is -2.09. The Labute approximate surface area is 116 Å². The number of nitrogens with two attached hydrogens (primary N) is 1. The number of primary amides is 1. The van der Waals surface area contributed by atoms with E-state index in [1.54, 1.807) is 0 Å². The number of rotatable bonds is 5. The van der Waals surface area contributed by atoms with Crippen LogP contribution in [0.15, 0.2) is 47.4 Å². The molecule has 0 aliphatic carbocycles. The molecule has 0 aliphatic heterocycles. The molecule has 0 unspecified atom stereocenters. The zero-order chi connectivity index (χ0) is 14.5. The van der Waals surface area contributed by atoms with Crippen LogP contribution >= 0.6 is 0 Å². The van der Waals surface area contributed by atoms with Crippen LogP contribution < -0.4 is 16.0 Å². The average Bonchev–Trinajstić information content (AvgIpc) is 2.43. The summed E-state index contributed by atoms with van der Waals surface area (Å²) in [7, 11) is 0. The first-order chi connectivity index (χ1) is 9.56. The number of ether oxygens (including phenoxy) is 1. The van der Waals surface area contributed by atoms with Gasteiger partial charge in [0, 0.05) is 12.3 Å². The quantitative estimate of drug-likeness (QED) is 0.892. The van der Waals surface area contributed by atoms with Crippen molar-refractivity contribution in [2.45, 2.75) is 13.5 Å². The number of hydrogen-bond donors (Lipinski definition) is 1. The van der Waals surface area contributed by atoms with E-state index in [-0.39, 0.29) is 5.56 Å². The third kappa shape index (κ3) is 3.47. The number of amides is 1. The Morgan fingerprint density at radius 2 is 1.90 bits per heavy atom. The second kappa shape index (κ2) is 6.06. The highest BCUT2D eigenvalue weighted by Gasteiger charge is 2.03. The van der Waals surface area contributed by atoms with E-state index >= 15 is 0 Å². The standard InChI is InChI=1S/C15H16N2O3/c1-11-2-5-13(6-3-11)20-9-8-17-10-12(15(16)19)4-7-14(17)18/h2-7,10H,8-9H2,1H3,(H2,16,19). The summed E-state index contributed by atoms with van der Waals surface area (Å²) in [6.45, 7) is 2.69. The summed E-state index contributed by atoms with van der Waals surface area (Å²) < 4.78 is 6.96. The highest BCUT2D eigenvalue weighted by Crippen LogP contribution is 2.11. The third-order valence-electron chi connectivity index (χ3n) is 2.89. The third-order valence-corrected chi connectivity index (χ3v) is 2.89. The monoisotopic (exact) mass is 272 g/mol. The number of nitrogens with zero attached hydrogens (tertiary/aromatic N) is 1. The summed E-state index contributed by atoms with van der Waals surface area (Å²) in [4.78, 5) is 22.7. The van der Waals surface area contributed by atoms with Crippen molar-refractivity contribution in [3.8, 4) is 5.75 Å². The highest BCUT2D eigenvalue weighted by molar-refractivity contribution is 5.92. The van der Waals surface area contributed by atoms with Gasteiger partial charge in [0.15, 0.2) is 0 Å². The van der Waals surface area contributed by atoms with Crippen LogP contribution in [0.1, 0.15) is 15.9 Å². The zero-order valence-electron chi connectivity index (χ0n) is 11.2. The van der Waals surface area contributed by atoms with Gasteiger partial charge in [-0.2, -0.15) is 0 Å². The minimum absolute atomic E-state index is 0.192. The van der Waals surface area contributed by atoms with Gasteiger partial charge in [0.1, 0.15) is 12.4 Å². The molecule has 0 saturated carbocycles. The topological polar surface area (TPSA) is 74.3 Å². The molecule has 1 aromatic carbocycles. The fraction of sp³-hybridized carbons (Fsp3) is 0.200. The van der Waals surface area contributed by atoms with Crippen LogP contribution in [0.5, 0.6) is 5.75 Å². The van der Waals surface area contributed by atoms with Crippen molar-refractivity contribution in [1.29, 1.82) is 0 Å². The van der Waals surface area contributed by atoms with Crippen molar-refractivity contribution in [1.82, 2.24) is 4.57 Å². The van der Waals surface area contributed by atoms with Crippen LogP contribution in [0.2, 0.25) is 0 Å². The van der Waals surface area contributed by atoms with Crippen LogP contribution in [0.3, 0.4) is 0 Å². The molecule has 0 radical (unpaired) electrons. The number of aryl methyl sites for hydroxylation is 1. The number of hydrogen-bond acceptors (Lipinski definition) is 3. The summed E-state index contributed by atoms with van der Waals surface area (Å²) >= 11 is 0. The molecule has 5 heteroatoms. The van der Waals surface area contributed by atoms with E-state index in [9.17, 15) is 9.59 Å². The second-order valence-electron chi connectivity index (χ2n) is 4.48. The molecule has 1 heterocycles. The molecule has 0 bridgehead atoms. The maximum absolute atomic E-state index is 11.6. The molecule has 2 N–H and O–H groups in total. The predicted octanol–water partition coefficient (Wildman–Crippen LogP) is 1.33. The molecule has 0 saturated heterocycles. The lowest BCUT2D eigenvalue weighted by molar-refractivity contribution is 0.0999. The maximum atomic E-state index is 11.6. The molecule has 1 aromatic heterocycles. The first kappa shape index (κ1) is 13.9. The number of pyridine rings is 1. The normalized spacial score (nSPS) is 10.2. The molecule has 104 valence electrons. The smallest absolute Gasteiger partial charge is 0.250 e. The first-order valence-electron chi connectivity index (χ1n) is 6.26. The van der Waals surface area contributed by atoms with Crippen molar-refractivity contribution in [2.24, 2.45) is 5.73 Å². The molecule has 20 heavy (non-hydrogen) atoms. The van der Waals surface area contributed by atoms with Gasteiger partial charge in [-0.3, -0.25) is 9.59 Å². The summed E-state index contributed by atoms with van der Waals surface area (Å²) in [5.41, 5.74) is 6.45. The fourth-order valence-corrected chi connectivity index (χ4v) is 1.75. The molecule has 2 aromatic rings. The van der Waals surface area contributed by atoms with Gasteiger partial charge < -0.3 is 15.0 Å². The molecule has 0 fully saturated rings. The molecule has 0 spiro atoms. The van der Waals surface area contributed by atoms with E-state index in [1.165, 1.54) is 22.9 Å². The Hall–Kier alpha value is -2.56. The SMILES string of the molecule is Cc1ccc(OCCn2cc(C(N)=O)ccc2=O)cc1. The molecule has 0 atom stereocenters. The fourth-order valence-electron chi connectivity index (χ4n) is 1.75. The van der Waals surface area contributed by atoms with Gasteiger partial charge in [-0.05, 0) is 25.1 Å². The summed E-state index contributed by atoms with van der Waals surface area (Å²) in [5.74, 6) is 0.188. The van der Waals surface area contributed by atoms with E-state index < -0.39 is 5.91 Å². The molecular weight excluding hydrogens is 256 g/mol. The molecule has 2 rings (SSSR count). The summed E-state index contributed by atoms with van der Waals surface area (Å²) in [6, 6.07) is 10.4. The van der Waals surface area contributed by atoms with Gasteiger partial charge in [0.25, 0.3) is 5.56 Å². The van der Waals surface area contributed by atoms with E-state index in [0.717, 1.165) is 11.3 Å². The van der Waals surface area contributed by atoms with Crippen LogP contribution in [-0.4, -0.2) is 17.1 Å². The van der Waals surface area contributed by atoms with E-state index in [2.05, 4.69) is 0 Å². The Morgan fingerprint density at radius 3 is 2.55 bits per heavy atom. The molecule has 1 amide bonds. The zero-order valence-corrected chi connectivity index (χ0v) is 11.2. The van der Waals surface area contributed by atoms with Crippen LogP contribution in [0, 0.1) is 6.92 Å². The Morgan fingerprint density at radius 1 is 1.20 bits per heavy atom. The Kier molecular flexibility index (Phi) is 4.20. The van der Waals surface area contributed by atoms with Gasteiger partial charge in [0.2, 0.25) is 5.91 Å². The van der Waals surface area contributed by atoms with Crippen LogP contribution in [0.4, 0.5) is 0 Å². The van der Waals surface area contributed by atoms with Gasteiger partial charge in [0.05, 0.1) is 12.1 Å². The second-order valence-corrected chi connectivity index (χ2v) is 4.48. The summed E-state index contributed by atoms with van der Waals surface area (Å²) in [5, 5.41) is 0. The molecule has 5 nitrogen and oxygen atoms in total. The van der Waals surface area contributed by atoms with Gasteiger partial charge in [-0.25, -0.2) is 0 Å². The predicted molar refractivity (Wildman–Crippen MR) is 75.9 cm³/mol. The van der Waals surface area contributed by atoms with Crippen molar-refractivity contribution in [3.05, 3.63) is 64.1 Å². The Bertz CT molecular complexity index is 660. The largest absolute Gasteiger partial charge is 0.492 e.